The first-order valence-corrected chi connectivity index (χ1v) is 9.61. The van der Waals surface area contributed by atoms with E-state index in [1.165, 1.54) is 6.42 Å². The Hall–Kier alpha value is -0.580. The van der Waals surface area contributed by atoms with E-state index in [-0.39, 0.29) is 29.4 Å². The molecule has 4 nitrogen and oxygen atoms in total. The molecular formula is C15H27NO3S. The van der Waals surface area contributed by atoms with E-state index in [1.54, 1.807) is 0 Å². The summed E-state index contributed by atoms with van der Waals surface area (Å²) in [7, 11) is -2.98. The van der Waals surface area contributed by atoms with E-state index in [9.17, 15) is 13.2 Å². The highest BCUT2D eigenvalue weighted by molar-refractivity contribution is 7.91. The zero-order valence-corrected chi connectivity index (χ0v) is 13.6. The number of hydrogen-bond acceptors (Lipinski definition) is 3. The van der Waals surface area contributed by atoms with Gasteiger partial charge in [0, 0.05) is 6.04 Å². The van der Waals surface area contributed by atoms with Crippen molar-refractivity contribution in [1.82, 2.24) is 5.32 Å². The fourth-order valence-electron chi connectivity index (χ4n) is 3.67. The minimum Gasteiger partial charge on any atom is -0.353 e. The van der Waals surface area contributed by atoms with Crippen molar-refractivity contribution in [3.8, 4) is 0 Å². The molecular weight excluding hydrogens is 274 g/mol. The molecule has 0 aromatic rings. The molecule has 1 N–H and O–H groups in total. The highest BCUT2D eigenvalue weighted by Crippen LogP contribution is 2.33. The van der Waals surface area contributed by atoms with E-state index >= 15 is 0 Å². The van der Waals surface area contributed by atoms with Crippen molar-refractivity contribution in [2.45, 2.75) is 52.5 Å². The third-order valence-electron chi connectivity index (χ3n) is 4.95. The van der Waals surface area contributed by atoms with E-state index in [2.05, 4.69) is 26.1 Å². The van der Waals surface area contributed by atoms with Gasteiger partial charge in [0.25, 0.3) is 0 Å². The van der Waals surface area contributed by atoms with Crippen LogP contribution < -0.4 is 5.32 Å². The lowest BCUT2D eigenvalue weighted by atomic mass is 9.74. The Morgan fingerprint density at radius 2 is 1.90 bits per heavy atom. The molecule has 0 unspecified atom stereocenters. The van der Waals surface area contributed by atoms with Gasteiger partial charge >= 0.3 is 0 Å². The maximum atomic E-state index is 12.3. The summed E-state index contributed by atoms with van der Waals surface area (Å²) in [6, 6.07) is 0.217. The largest absolute Gasteiger partial charge is 0.353 e. The van der Waals surface area contributed by atoms with E-state index < -0.39 is 9.84 Å². The number of sulfone groups is 1. The van der Waals surface area contributed by atoms with Crippen LogP contribution in [0.4, 0.5) is 0 Å². The summed E-state index contributed by atoms with van der Waals surface area (Å²) in [4.78, 5) is 12.3. The number of hydrogen-bond donors (Lipinski definition) is 1. The monoisotopic (exact) mass is 301 g/mol. The second-order valence-electron chi connectivity index (χ2n) is 7.04. The second kappa shape index (κ2) is 6.04. The summed E-state index contributed by atoms with van der Waals surface area (Å²) in [5.74, 6) is 1.55. The third kappa shape index (κ3) is 3.74. The Labute approximate surface area is 122 Å². The fourth-order valence-corrected chi connectivity index (χ4v) is 5.41. The van der Waals surface area contributed by atoms with Gasteiger partial charge in [-0.2, -0.15) is 0 Å². The number of amides is 1. The van der Waals surface area contributed by atoms with E-state index in [1.807, 2.05) is 0 Å². The highest BCUT2D eigenvalue weighted by atomic mass is 32.2. The van der Waals surface area contributed by atoms with Crippen LogP contribution in [-0.2, 0) is 14.6 Å². The summed E-state index contributed by atoms with van der Waals surface area (Å²) in [5.41, 5.74) is 0. The predicted octanol–water partition coefficient (Wildman–Crippen LogP) is 2.00. The van der Waals surface area contributed by atoms with Gasteiger partial charge in [-0.3, -0.25) is 4.79 Å². The Morgan fingerprint density at radius 3 is 2.45 bits per heavy atom. The summed E-state index contributed by atoms with van der Waals surface area (Å²) in [6.07, 6.45) is 3.90. The quantitative estimate of drug-likeness (QED) is 0.867. The van der Waals surface area contributed by atoms with Crippen molar-refractivity contribution in [2.75, 3.05) is 11.5 Å². The van der Waals surface area contributed by atoms with Crippen LogP contribution >= 0.6 is 0 Å². The Bertz CT molecular complexity index is 458. The van der Waals surface area contributed by atoms with Gasteiger partial charge in [-0.05, 0) is 37.0 Å². The van der Waals surface area contributed by atoms with Crippen molar-refractivity contribution >= 4 is 15.7 Å². The molecule has 0 radical (unpaired) electrons. The first-order valence-electron chi connectivity index (χ1n) is 7.79. The molecule has 1 saturated heterocycles. The Kier molecular flexibility index (Phi) is 4.77. The van der Waals surface area contributed by atoms with Crippen LogP contribution in [0, 0.1) is 23.7 Å². The molecule has 1 aliphatic carbocycles. The van der Waals surface area contributed by atoms with E-state index in [0.717, 1.165) is 12.8 Å². The molecule has 5 heteroatoms. The van der Waals surface area contributed by atoms with Crippen LogP contribution in [0.15, 0.2) is 0 Å². The van der Waals surface area contributed by atoms with Crippen molar-refractivity contribution < 1.29 is 13.2 Å². The average molecular weight is 301 g/mol. The summed E-state index contributed by atoms with van der Waals surface area (Å²) in [5, 5.41) is 3.16. The second-order valence-corrected chi connectivity index (χ2v) is 9.27. The molecule has 116 valence electrons. The molecule has 4 atom stereocenters. The van der Waals surface area contributed by atoms with Gasteiger partial charge in [0.15, 0.2) is 9.84 Å². The summed E-state index contributed by atoms with van der Waals surface area (Å²) < 4.78 is 23.0. The number of carbonyl (C=O) groups is 1. The average Bonchev–Trinajstić information content (AvgIpc) is 2.69. The van der Waals surface area contributed by atoms with Crippen molar-refractivity contribution in [3.63, 3.8) is 0 Å². The standard InChI is InChI=1S/C15H27NO3S/c1-10(2)13-5-4-11(3)8-14(13)16-15(17)12-6-7-20(18,19)9-12/h10-14H,4-9H2,1-3H3,(H,16,17)/t11-,12-,13-,14-/m1/s1. The van der Waals surface area contributed by atoms with Gasteiger partial charge in [-0.15, -0.1) is 0 Å². The number of nitrogens with one attached hydrogen (secondary N) is 1. The Morgan fingerprint density at radius 1 is 1.20 bits per heavy atom. The van der Waals surface area contributed by atoms with Crippen LogP contribution in [-0.4, -0.2) is 31.9 Å². The predicted molar refractivity (Wildman–Crippen MR) is 80.0 cm³/mol. The molecule has 0 aromatic heterocycles. The maximum absolute atomic E-state index is 12.3. The molecule has 2 fully saturated rings. The highest BCUT2D eigenvalue weighted by Gasteiger charge is 2.36. The Balaban J connectivity index is 1.98. The first kappa shape index (κ1) is 15.8. The van der Waals surface area contributed by atoms with Crippen LogP contribution in [0.3, 0.4) is 0 Å². The van der Waals surface area contributed by atoms with Crippen LogP contribution in [0.2, 0.25) is 0 Å². The van der Waals surface area contributed by atoms with Gasteiger partial charge in [-0.1, -0.05) is 27.2 Å². The van der Waals surface area contributed by atoms with Crippen LogP contribution in [0.25, 0.3) is 0 Å². The van der Waals surface area contributed by atoms with Crippen LogP contribution in [0.1, 0.15) is 46.5 Å². The third-order valence-corrected chi connectivity index (χ3v) is 6.72. The number of rotatable bonds is 3. The maximum Gasteiger partial charge on any atom is 0.224 e. The molecule has 1 saturated carbocycles. The molecule has 0 bridgehead atoms. The van der Waals surface area contributed by atoms with E-state index in [4.69, 9.17) is 0 Å². The van der Waals surface area contributed by atoms with Gasteiger partial charge in [-0.25, -0.2) is 8.42 Å². The zero-order chi connectivity index (χ0) is 14.9. The minimum atomic E-state index is -2.98. The number of carbonyl (C=O) groups excluding carboxylic acids is 1. The van der Waals surface area contributed by atoms with Crippen molar-refractivity contribution in [1.29, 1.82) is 0 Å². The molecule has 1 aliphatic heterocycles. The zero-order valence-electron chi connectivity index (χ0n) is 12.8. The van der Waals surface area contributed by atoms with Gasteiger partial charge < -0.3 is 5.32 Å². The summed E-state index contributed by atoms with van der Waals surface area (Å²) in [6.45, 7) is 6.65. The van der Waals surface area contributed by atoms with Gasteiger partial charge in [0.2, 0.25) is 5.91 Å². The summed E-state index contributed by atoms with van der Waals surface area (Å²) >= 11 is 0. The molecule has 0 aromatic carbocycles. The fraction of sp³-hybridized carbons (Fsp3) is 0.933. The smallest absolute Gasteiger partial charge is 0.224 e. The molecule has 2 aliphatic rings. The van der Waals surface area contributed by atoms with Crippen molar-refractivity contribution in [2.24, 2.45) is 23.7 Å². The molecule has 20 heavy (non-hydrogen) atoms. The van der Waals surface area contributed by atoms with Gasteiger partial charge in [0.1, 0.15) is 0 Å². The molecule has 2 rings (SSSR count). The normalized spacial score (nSPS) is 37.0. The SMILES string of the molecule is CC(C)[C@H]1CC[C@@H](C)C[C@H]1NC(=O)[C@@H]1CCS(=O)(=O)C1. The van der Waals surface area contributed by atoms with Crippen LogP contribution in [0.5, 0.6) is 0 Å². The lowest BCUT2D eigenvalue weighted by Gasteiger charge is -2.38. The molecule has 1 heterocycles. The molecule has 1 amide bonds. The van der Waals surface area contributed by atoms with Crippen molar-refractivity contribution in [3.05, 3.63) is 0 Å². The molecule has 0 spiro atoms. The lowest BCUT2D eigenvalue weighted by Crippen LogP contribution is -2.47. The topological polar surface area (TPSA) is 63.2 Å². The lowest BCUT2D eigenvalue weighted by molar-refractivity contribution is -0.125. The van der Waals surface area contributed by atoms with E-state index in [0.29, 0.717) is 24.2 Å². The first-order chi connectivity index (χ1) is 9.28. The van der Waals surface area contributed by atoms with Gasteiger partial charge in [0.05, 0.1) is 17.4 Å². The minimum absolute atomic E-state index is 0.0352.